The molecule has 0 aliphatic carbocycles. The van der Waals surface area contributed by atoms with Gasteiger partial charge in [0.15, 0.2) is 5.78 Å². The molecule has 15 heavy (non-hydrogen) atoms. The second kappa shape index (κ2) is 5.94. The Labute approximate surface area is 94.1 Å². The highest BCUT2D eigenvalue weighted by Gasteiger charge is 2.19. The van der Waals surface area contributed by atoms with Gasteiger partial charge in [-0.25, -0.2) is 0 Å². The lowest BCUT2D eigenvalue weighted by molar-refractivity contribution is -0.121. The van der Waals surface area contributed by atoms with E-state index in [0.717, 1.165) is 18.5 Å². The van der Waals surface area contributed by atoms with Crippen molar-refractivity contribution in [3.8, 4) is 0 Å². The van der Waals surface area contributed by atoms with Gasteiger partial charge in [0.05, 0.1) is 0 Å². The van der Waals surface area contributed by atoms with E-state index < -0.39 is 0 Å². The zero-order valence-corrected chi connectivity index (χ0v) is 11.0. The molecule has 0 bridgehead atoms. The lowest BCUT2D eigenvalue weighted by Crippen LogP contribution is -2.26. The molecule has 88 valence electrons. The van der Waals surface area contributed by atoms with Gasteiger partial charge < -0.3 is 5.32 Å². The van der Waals surface area contributed by atoms with Crippen LogP contribution >= 0.6 is 0 Å². The van der Waals surface area contributed by atoms with Crippen molar-refractivity contribution < 1.29 is 4.79 Å². The number of allylic oxidation sites excluding steroid dienone is 2. The Morgan fingerprint density at radius 3 is 2.20 bits per heavy atom. The summed E-state index contributed by atoms with van der Waals surface area (Å²) in [6.45, 7) is 12.2. The topological polar surface area (TPSA) is 29.1 Å². The first kappa shape index (κ1) is 14.2. The molecule has 1 unspecified atom stereocenters. The van der Waals surface area contributed by atoms with Gasteiger partial charge in [0.25, 0.3) is 0 Å². The van der Waals surface area contributed by atoms with Gasteiger partial charge in [-0.3, -0.25) is 4.79 Å². The molecular weight excluding hydrogens is 186 g/mol. The average molecular weight is 211 g/mol. The van der Waals surface area contributed by atoms with Crippen molar-refractivity contribution >= 4 is 5.78 Å². The first-order chi connectivity index (χ1) is 6.81. The van der Waals surface area contributed by atoms with Crippen molar-refractivity contribution in [2.24, 2.45) is 5.41 Å². The van der Waals surface area contributed by atoms with Crippen molar-refractivity contribution in [2.75, 3.05) is 0 Å². The molecule has 2 nitrogen and oxygen atoms in total. The maximum atomic E-state index is 11.8. The molecule has 0 aromatic rings. The molecule has 0 saturated carbocycles. The van der Waals surface area contributed by atoms with Crippen molar-refractivity contribution in [1.82, 2.24) is 5.32 Å². The van der Waals surface area contributed by atoms with Crippen LogP contribution in [0.5, 0.6) is 0 Å². The quantitative estimate of drug-likeness (QED) is 0.707. The van der Waals surface area contributed by atoms with Crippen LogP contribution in [0.1, 0.15) is 54.4 Å². The van der Waals surface area contributed by atoms with Crippen LogP contribution < -0.4 is 5.32 Å². The summed E-state index contributed by atoms with van der Waals surface area (Å²) >= 11 is 0. The number of carbonyl (C=O) groups excluding carboxylic acids is 1. The number of nitrogens with one attached hydrogen (secondary N) is 1. The lowest BCUT2D eigenvalue weighted by atomic mass is 9.90. The zero-order chi connectivity index (χ0) is 12.1. The Morgan fingerprint density at radius 1 is 1.33 bits per heavy atom. The second-order valence-electron chi connectivity index (χ2n) is 5.09. The van der Waals surface area contributed by atoms with E-state index in [0.29, 0.717) is 6.04 Å². The summed E-state index contributed by atoms with van der Waals surface area (Å²) in [6.07, 6.45) is 3.71. The molecule has 0 fully saturated rings. The molecule has 0 spiro atoms. The number of rotatable bonds is 5. The highest BCUT2D eigenvalue weighted by atomic mass is 16.1. The van der Waals surface area contributed by atoms with Crippen LogP contribution in [0.2, 0.25) is 0 Å². The molecule has 2 heteroatoms. The number of hydrogen-bond acceptors (Lipinski definition) is 2. The lowest BCUT2D eigenvalue weighted by Gasteiger charge is -2.18. The Kier molecular flexibility index (Phi) is 5.63. The van der Waals surface area contributed by atoms with E-state index in [2.05, 4.69) is 26.1 Å². The van der Waals surface area contributed by atoms with Crippen LogP contribution in [0, 0.1) is 5.41 Å². The standard InChI is InChI=1S/C13H25NO/c1-7-10(3)14-11(8-2)9-12(15)13(4,5)6/h9-10,14H,7-8H2,1-6H3. The van der Waals surface area contributed by atoms with Gasteiger partial charge >= 0.3 is 0 Å². The molecule has 0 radical (unpaired) electrons. The third-order valence-corrected chi connectivity index (χ3v) is 2.47. The Bertz CT molecular complexity index is 235. The summed E-state index contributed by atoms with van der Waals surface area (Å²) in [6, 6.07) is 0.434. The second-order valence-corrected chi connectivity index (χ2v) is 5.09. The van der Waals surface area contributed by atoms with Crippen LogP contribution in [0.4, 0.5) is 0 Å². The minimum absolute atomic E-state index is 0.190. The largest absolute Gasteiger partial charge is 0.386 e. The van der Waals surface area contributed by atoms with Crippen LogP contribution in [-0.2, 0) is 4.79 Å². The van der Waals surface area contributed by atoms with Crippen LogP contribution in [0.3, 0.4) is 0 Å². The van der Waals surface area contributed by atoms with Crippen molar-refractivity contribution in [3.63, 3.8) is 0 Å². The highest BCUT2D eigenvalue weighted by molar-refractivity contribution is 5.94. The molecule has 0 aromatic carbocycles. The number of carbonyl (C=O) groups is 1. The minimum Gasteiger partial charge on any atom is -0.386 e. The smallest absolute Gasteiger partial charge is 0.162 e. The van der Waals surface area contributed by atoms with Crippen molar-refractivity contribution in [3.05, 3.63) is 11.8 Å². The van der Waals surface area contributed by atoms with Gasteiger partial charge in [-0.1, -0.05) is 34.6 Å². The fourth-order valence-corrected chi connectivity index (χ4v) is 1.04. The maximum Gasteiger partial charge on any atom is 0.162 e. The summed E-state index contributed by atoms with van der Waals surface area (Å²) in [5.41, 5.74) is 0.765. The molecule has 0 heterocycles. The Morgan fingerprint density at radius 2 is 1.87 bits per heavy atom. The predicted octanol–water partition coefficient (Wildman–Crippen LogP) is 3.28. The average Bonchev–Trinajstić information content (AvgIpc) is 2.14. The predicted molar refractivity (Wildman–Crippen MR) is 65.7 cm³/mol. The monoisotopic (exact) mass is 211 g/mol. The van der Waals surface area contributed by atoms with Crippen molar-refractivity contribution in [1.29, 1.82) is 0 Å². The van der Waals surface area contributed by atoms with Gasteiger partial charge in [-0.15, -0.1) is 0 Å². The van der Waals surface area contributed by atoms with Crippen LogP contribution in [0.25, 0.3) is 0 Å². The maximum absolute atomic E-state index is 11.8. The van der Waals surface area contributed by atoms with E-state index in [4.69, 9.17) is 0 Å². The molecule has 0 saturated heterocycles. The highest BCUT2D eigenvalue weighted by Crippen LogP contribution is 2.16. The van der Waals surface area contributed by atoms with E-state index in [1.54, 1.807) is 6.08 Å². The fraction of sp³-hybridized carbons (Fsp3) is 0.769. The molecule has 0 aliphatic heterocycles. The van der Waals surface area contributed by atoms with Gasteiger partial charge in [-0.05, 0) is 19.8 Å². The third-order valence-electron chi connectivity index (χ3n) is 2.47. The molecule has 0 amide bonds. The molecule has 1 N–H and O–H groups in total. The van der Waals surface area contributed by atoms with Gasteiger partial charge in [0.2, 0.25) is 0 Å². The van der Waals surface area contributed by atoms with Gasteiger partial charge in [0.1, 0.15) is 0 Å². The van der Waals surface area contributed by atoms with E-state index in [1.807, 2.05) is 20.8 Å². The minimum atomic E-state index is -0.280. The summed E-state index contributed by atoms with van der Waals surface area (Å²) in [5.74, 6) is 0.190. The normalized spacial score (nSPS) is 14.9. The van der Waals surface area contributed by atoms with Crippen LogP contribution in [-0.4, -0.2) is 11.8 Å². The Balaban J connectivity index is 4.53. The molecule has 0 aromatic heterocycles. The van der Waals surface area contributed by atoms with Gasteiger partial charge in [-0.2, -0.15) is 0 Å². The molecular formula is C13H25NO. The van der Waals surface area contributed by atoms with Crippen LogP contribution in [0.15, 0.2) is 11.8 Å². The molecule has 1 atom stereocenters. The van der Waals surface area contributed by atoms with E-state index in [-0.39, 0.29) is 11.2 Å². The van der Waals surface area contributed by atoms with E-state index >= 15 is 0 Å². The summed E-state index contributed by atoms with van der Waals surface area (Å²) in [5, 5.41) is 3.36. The molecule has 0 aliphatic rings. The molecule has 0 rings (SSSR count). The Hall–Kier alpha value is -0.790. The van der Waals surface area contributed by atoms with Gasteiger partial charge in [0, 0.05) is 23.2 Å². The third kappa shape index (κ3) is 5.60. The summed E-state index contributed by atoms with van der Waals surface area (Å²) in [7, 11) is 0. The van der Waals surface area contributed by atoms with Crippen molar-refractivity contribution in [2.45, 2.75) is 60.4 Å². The first-order valence-electron chi connectivity index (χ1n) is 5.82. The first-order valence-corrected chi connectivity index (χ1v) is 5.82. The number of hydrogen-bond donors (Lipinski definition) is 1. The fourth-order valence-electron chi connectivity index (χ4n) is 1.04. The summed E-state index contributed by atoms with van der Waals surface area (Å²) in [4.78, 5) is 11.8. The summed E-state index contributed by atoms with van der Waals surface area (Å²) < 4.78 is 0. The van der Waals surface area contributed by atoms with E-state index in [9.17, 15) is 4.79 Å². The SMILES string of the molecule is CCC(=CC(=O)C(C)(C)C)NC(C)CC. The van der Waals surface area contributed by atoms with E-state index in [1.165, 1.54) is 0 Å². The zero-order valence-electron chi connectivity index (χ0n) is 11.0. The number of ketones is 1.